The van der Waals surface area contributed by atoms with Gasteiger partial charge in [0.2, 0.25) is 0 Å². The Kier molecular flexibility index (Phi) is 6.60. The van der Waals surface area contributed by atoms with Crippen LogP contribution in [0.5, 0.6) is 5.75 Å². The van der Waals surface area contributed by atoms with E-state index in [4.69, 9.17) is 27.9 Å². The molecule has 0 atom stereocenters. The van der Waals surface area contributed by atoms with E-state index in [1.165, 1.54) is 23.0 Å². The number of hydrogen-bond donors (Lipinski definition) is 0. The van der Waals surface area contributed by atoms with Gasteiger partial charge < -0.3 is 4.74 Å². The molecule has 1 aromatic heterocycles. The van der Waals surface area contributed by atoms with Gasteiger partial charge in [0.1, 0.15) is 18.2 Å². The molecule has 0 fully saturated rings. The molecule has 0 amide bonds. The molecule has 5 nitrogen and oxygen atoms in total. The first-order valence-electron chi connectivity index (χ1n) is 9.41. The van der Waals surface area contributed by atoms with E-state index in [2.05, 4.69) is 26.0 Å². The highest BCUT2D eigenvalue weighted by molar-refractivity contribution is 9.10. The summed E-state index contributed by atoms with van der Waals surface area (Å²) in [7, 11) is 0. The molecule has 0 spiro atoms. The van der Waals surface area contributed by atoms with Crippen molar-refractivity contribution < 1.29 is 9.13 Å². The topological polar surface area (TPSA) is 56.5 Å². The van der Waals surface area contributed by atoms with Crippen molar-refractivity contribution in [3.8, 4) is 5.75 Å². The van der Waals surface area contributed by atoms with E-state index in [0.29, 0.717) is 28.0 Å². The average molecular weight is 535 g/mol. The van der Waals surface area contributed by atoms with E-state index < -0.39 is 0 Å². The number of nitrogens with zero attached hydrogens (tertiary/aromatic N) is 3. The van der Waals surface area contributed by atoms with Crippen molar-refractivity contribution in [2.75, 3.05) is 0 Å². The van der Waals surface area contributed by atoms with Gasteiger partial charge in [-0.3, -0.25) is 4.79 Å². The van der Waals surface area contributed by atoms with E-state index in [-0.39, 0.29) is 28.0 Å². The maximum Gasteiger partial charge on any atom is 0.282 e. The quantitative estimate of drug-likeness (QED) is 0.279. The van der Waals surface area contributed by atoms with E-state index in [1.807, 2.05) is 6.07 Å². The van der Waals surface area contributed by atoms with Crippen LogP contribution in [0.2, 0.25) is 10.0 Å². The second kappa shape index (κ2) is 9.40. The van der Waals surface area contributed by atoms with Crippen LogP contribution in [0, 0.1) is 12.7 Å². The Morgan fingerprint density at radius 3 is 2.50 bits per heavy atom. The molecule has 0 aliphatic heterocycles. The number of hydrogen-bond acceptors (Lipinski definition) is 4. The van der Waals surface area contributed by atoms with Crippen LogP contribution in [0.25, 0.3) is 10.9 Å². The first-order chi connectivity index (χ1) is 15.3. The molecule has 0 N–H and O–H groups in total. The van der Waals surface area contributed by atoms with Gasteiger partial charge in [-0.1, -0.05) is 51.3 Å². The number of aryl methyl sites for hydroxylation is 1. The van der Waals surface area contributed by atoms with E-state index in [9.17, 15) is 9.18 Å². The minimum atomic E-state index is -0.322. The zero-order valence-electron chi connectivity index (χ0n) is 16.7. The van der Waals surface area contributed by atoms with Crippen LogP contribution in [0.1, 0.15) is 17.0 Å². The number of benzene rings is 3. The molecular formula is C23H15BrCl2FN3O2. The highest BCUT2D eigenvalue weighted by Gasteiger charge is 2.11. The third-order valence-electron chi connectivity index (χ3n) is 4.61. The van der Waals surface area contributed by atoms with Gasteiger partial charge >= 0.3 is 0 Å². The molecule has 0 saturated carbocycles. The van der Waals surface area contributed by atoms with Crippen LogP contribution in [-0.4, -0.2) is 15.9 Å². The molecule has 32 heavy (non-hydrogen) atoms. The van der Waals surface area contributed by atoms with Crippen LogP contribution in [0.4, 0.5) is 4.39 Å². The number of ether oxygens (including phenoxy) is 1. The second-order valence-corrected chi connectivity index (χ2v) is 8.64. The van der Waals surface area contributed by atoms with E-state index in [1.54, 1.807) is 43.3 Å². The molecule has 0 unspecified atom stereocenters. The molecule has 0 aliphatic rings. The van der Waals surface area contributed by atoms with Gasteiger partial charge in [-0.2, -0.15) is 9.78 Å². The summed E-state index contributed by atoms with van der Waals surface area (Å²) in [6, 6.07) is 14.5. The number of aromatic nitrogens is 2. The summed E-state index contributed by atoms with van der Waals surface area (Å²) in [5.41, 5.74) is 1.65. The monoisotopic (exact) mass is 533 g/mol. The summed E-state index contributed by atoms with van der Waals surface area (Å²) in [6.07, 6.45) is 1.47. The SMILES string of the molecule is Cc1nc2ccc(Br)cc2c(=O)n1N=Cc1cc(Cl)c(OCc2ccc(F)cc2)c(Cl)c1. The smallest absolute Gasteiger partial charge is 0.282 e. The summed E-state index contributed by atoms with van der Waals surface area (Å²) in [4.78, 5) is 17.3. The zero-order chi connectivity index (χ0) is 22.8. The maximum atomic E-state index is 13.0. The second-order valence-electron chi connectivity index (χ2n) is 6.91. The summed E-state index contributed by atoms with van der Waals surface area (Å²) < 4.78 is 20.7. The summed E-state index contributed by atoms with van der Waals surface area (Å²) in [6.45, 7) is 1.88. The van der Waals surface area contributed by atoms with Crippen molar-refractivity contribution in [2.45, 2.75) is 13.5 Å². The van der Waals surface area contributed by atoms with Gasteiger partial charge in [-0.15, -0.1) is 0 Å². The molecule has 4 aromatic rings. The Bertz CT molecular complexity index is 1380. The van der Waals surface area contributed by atoms with E-state index >= 15 is 0 Å². The maximum absolute atomic E-state index is 13.0. The van der Waals surface area contributed by atoms with Crippen LogP contribution < -0.4 is 10.3 Å². The minimum absolute atomic E-state index is 0.181. The summed E-state index contributed by atoms with van der Waals surface area (Å²) >= 11 is 16.1. The lowest BCUT2D eigenvalue weighted by Crippen LogP contribution is -2.20. The van der Waals surface area contributed by atoms with Crippen LogP contribution in [0.15, 0.2) is 69.0 Å². The van der Waals surface area contributed by atoms with Gasteiger partial charge in [0.15, 0.2) is 5.75 Å². The van der Waals surface area contributed by atoms with E-state index in [0.717, 1.165) is 10.0 Å². The molecule has 162 valence electrons. The normalized spacial score (nSPS) is 11.4. The Morgan fingerprint density at radius 2 is 1.81 bits per heavy atom. The van der Waals surface area contributed by atoms with Crippen molar-refractivity contribution in [2.24, 2.45) is 5.10 Å². The minimum Gasteiger partial charge on any atom is -0.486 e. The highest BCUT2D eigenvalue weighted by Crippen LogP contribution is 2.34. The van der Waals surface area contributed by atoms with Gasteiger partial charge in [-0.25, -0.2) is 9.37 Å². The van der Waals surface area contributed by atoms with Crippen LogP contribution >= 0.6 is 39.1 Å². The lowest BCUT2D eigenvalue weighted by atomic mass is 10.2. The molecule has 0 bridgehead atoms. The fourth-order valence-electron chi connectivity index (χ4n) is 3.05. The number of fused-ring (bicyclic) bond motifs is 1. The van der Waals surface area contributed by atoms with Gasteiger partial charge in [0, 0.05) is 4.47 Å². The fraction of sp³-hybridized carbons (Fsp3) is 0.0870. The van der Waals surface area contributed by atoms with Gasteiger partial charge in [0.05, 0.1) is 27.2 Å². The number of halogens is 4. The van der Waals surface area contributed by atoms with Gasteiger partial charge in [0.25, 0.3) is 5.56 Å². The lowest BCUT2D eigenvalue weighted by Gasteiger charge is -2.11. The fourth-order valence-corrected chi connectivity index (χ4v) is 4.02. The van der Waals surface area contributed by atoms with Gasteiger partial charge in [-0.05, 0) is 60.5 Å². The summed E-state index contributed by atoms with van der Waals surface area (Å²) in [5.74, 6) is 0.426. The first-order valence-corrected chi connectivity index (χ1v) is 11.0. The molecular weight excluding hydrogens is 520 g/mol. The predicted octanol–water partition coefficient (Wildman–Crippen LogP) is 6.37. The van der Waals surface area contributed by atoms with Crippen molar-refractivity contribution in [3.63, 3.8) is 0 Å². The molecule has 0 radical (unpaired) electrons. The molecule has 1 heterocycles. The van der Waals surface area contributed by atoms with Crippen molar-refractivity contribution in [1.82, 2.24) is 9.66 Å². The molecule has 9 heteroatoms. The van der Waals surface area contributed by atoms with Crippen molar-refractivity contribution in [1.29, 1.82) is 0 Å². The third-order valence-corrected chi connectivity index (χ3v) is 5.66. The number of rotatable bonds is 5. The Balaban J connectivity index is 1.60. The third kappa shape index (κ3) is 4.85. The molecule has 0 saturated heterocycles. The van der Waals surface area contributed by atoms with Crippen LogP contribution in [-0.2, 0) is 6.61 Å². The molecule has 4 rings (SSSR count). The average Bonchev–Trinajstić information content (AvgIpc) is 2.75. The Labute approximate surface area is 201 Å². The summed E-state index contributed by atoms with van der Waals surface area (Å²) in [5, 5.41) is 5.29. The largest absolute Gasteiger partial charge is 0.486 e. The van der Waals surface area contributed by atoms with Crippen molar-refractivity contribution >= 4 is 56.2 Å². The molecule has 0 aliphatic carbocycles. The zero-order valence-corrected chi connectivity index (χ0v) is 19.7. The first kappa shape index (κ1) is 22.5. The Morgan fingerprint density at radius 1 is 1.12 bits per heavy atom. The highest BCUT2D eigenvalue weighted by atomic mass is 79.9. The standard InChI is InChI=1S/C23H15BrCl2FN3O2/c1-13-29-21-7-4-16(24)10-18(21)23(31)30(13)28-11-15-8-19(25)22(20(26)9-15)32-12-14-2-5-17(27)6-3-14/h2-11H,12H2,1H3. The Hall–Kier alpha value is -2.74. The van der Waals surface area contributed by atoms with Crippen LogP contribution in [0.3, 0.4) is 0 Å². The molecule has 3 aromatic carbocycles. The van der Waals surface area contributed by atoms with Crippen molar-refractivity contribution in [3.05, 3.63) is 102 Å². The predicted molar refractivity (Wildman–Crippen MR) is 129 cm³/mol. The lowest BCUT2D eigenvalue weighted by molar-refractivity contribution is 0.306.